The predicted molar refractivity (Wildman–Crippen MR) is 117 cm³/mol. The molecule has 0 amide bonds. The Kier molecular flexibility index (Phi) is 6.49. The zero-order valence-electron chi connectivity index (χ0n) is 18.2. The van der Waals surface area contributed by atoms with Crippen molar-refractivity contribution in [2.75, 3.05) is 6.61 Å². The number of rotatable bonds is 5. The zero-order valence-corrected chi connectivity index (χ0v) is 18.9. The molecule has 1 fully saturated rings. The van der Waals surface area contributed by atoms with Gasteiger partial charge in [-0.05, 0) is 30.3 Å². The Morgan fingerprint density at radius 1 is 1.06 bits per heavy atom. The number of ether oxygens (including phenoxy) is 1. The minimum Gasteiger partial charge on any atom is -0.394 e. The summed E-state index contributed by atoms with van der Waals surface area (Å²) in [5, 5.41) is 44.2. The van der Waals surface area contributed by atoms with Gasteiger partial charge in [0.05, 0.1) is 18.5 Å². The molecule has 0 spiro atoms. The van der Waals surface area contributed by atoms with Gasteiger partial charge in [-0.3, -0.25) is 0 Å². The lowest BCUT2D eigenvalue weighted by molar-refractivity contribution is -0.210. The van der Waals surface area contributed by atoms with Crippen LogP contribution in [0.15, 0.2) is 48.9 Å². The molecule has 5 atom stereocenters. The first-order valence-corrected chi connectivity index (χ1v) is 11.0. The molecule has 5 rings (SSSR count). The van der Waals surface area contributed by atoms with E-state index in [1.54, 1.807) is 24.3 Å². The summed E-state index contributed by atoms with van der Waals surface area (Å²) < 4.78 is 49.0. The molecular formula is C22H18ClF3N6O4. The van der Waals surface area contributed by atoms with E-state index in [-0.39, 0.29) is 17.1 Å². The van der Waals surface area contributed by atoms with Gasteiger partial charge in [0.25, 0.3) is 0 Å². The number of aromatic nitrogens is 6. The molecule has 0 bridgehead atoms. The highest BCUT2D eigenvalue weighted by Crippen LogP contribution is 2.38. The molecule has 1 saturated heterocycles. The zero-order chi connectivity index (χ0) is 25.6. The number of nitrogens with zero attached hydrogens (tertiary/aromatic N) is 6. The first kappa shape index (κ1) is 24.3. The van der Waals surface area contributed by atoms with Crippen molar-refractivity contribution < 1.29 is 33.2 Å². The molecule has 0 aliphatic carbocycles. The molecule has 4 aromatic rings. The van der Waals surface area contributed by atoms with E-state index in [0.717, 1.165) is 16.8 Å². The fraction of sp³-hybridized carbons (Fsp3) is 0.273. The fourth-order valence-corrected chi connectivity index (χ4v) is 4.32. The Labute approximate surface area is 206 Å². The topological polar surface area (TPSA) is 131 Å². The fourth-order valence-electron chi connectivity index (χ4n) is 4.14. The van der Waals surface area contributed by atoms with Crippen LogP contribution in [0.1, 0.15) is 18.0 Å². The molecule has 36 heavy (non-hydrogen) atoms. The third-order valence-electron chi connectivity index (χ3n) is 5.87. The molecule has 1 aliphatic heterocycles. The lowest BCUT2D eigenvalue weighted by Gasteiger charge is -2.41. The van der Waals surface area contributed by atoms with Crippen molar-refractivity contribution >= 4 is 11.6 Å². The van der Waals surface area contributed by atoms with Crippen molar-refractivity contribution in [2.24, 2.45) is 0 Å². The monoisotopic (exact) mass is 522 g/mol. The molecular weight excluding hydrogens is 505 g/mol. The van der Waals surface area contributed by atoms with Gasteiger partial charge in [-0.2, -0.15) is 5.10 Å². The second-order valence-electron chi connectivity index (χ2n) is 8.10. The second-order valence-corrected chi connectivity index (χ2v) is 8.53. The molecule has 0 unspecified atom stereocenters. The molecule has 3 heterocycles. The molecule has 2 aromatic heterocycles. The van der Waals surface area contributed by atoms with E-state index in [1.165, 1.54) is 17.2 Å². The minimum atomic E-state index is -1.63. The van der Waals surface area contributed by atoms with E-state index in [1.807, 2.05) is 0 Å². The molecule has 1 aliphatic rings. The Hall–Kier alpha value is -3.36. The van der Waals surface area contributed by atoms with Gasteiger partial charge in [-0.1, -0.05) is 22.9 Å². The van der Waals surface area contributed by atoms with E-state index in [9.17, 15) is 28.5 Å². The Balaban J connectivity index is 1.52. The molecule has 10 nitrogen and oxygen atoms in total. The normalized spacial score (nSPS) is 24.2. The van der Waals surface area contributed by atoms with Crippen LogP contribution in [0.2, 0.25) is 5.02 Å². The molecule has 188 valence electrons. The number of halogens is 4. The Bertz CT molecular complexity index is 1380. The first-order valence-electron chi connectivity index (χ1n) is 10.6. The van der Waals surface area contributed by atoms with Gasteiger partial charge >= 0.3 is 0 Å². The second kappa shape index (κ2) is 9.59. The van der Waals surface area contributed by atoms with E-state index in [0.29, 0.717) is 10.7 Å². The van der Waals surface area contributed by atoms with Crippen LogP contribution in [0.5, 0.6) is 0 Å². The van der Waals surface area contributed by atoms with Gasteiger partial charge in [-0.15, -0.1) is 5.10 Å². The van der Waals surface area contributed by atoms with Crippen LogP contribution in [0.25, 0.3) is 16.9 Å². The van der Waals surface area contributed by atoms with Crippen molar-refractivity contribution in [2.45, 2.75) is 30.5 Å². The van der Waals surface area contributed by atoms with Crippen LogP contribution in [0.4, 0.5) is 13.2 Å². The van der Waals surface area contributed by atoms with Crippen LogP contribution in [-0.2, 0) is 4.74 Å². The van der Waals surface area contributed by atoms with Crippen LogP contribution < -0.4 is 0 Å². The minimum absolute atomic E-state index is 0.0436. The molecule has 3 N–H and O–H groups in total. The average Bonchev–Trinajstić information content (AvgIpc) is 3.53. The lowest BCUT2D eigenvalue weighted by Crippen LogP contribution is -2.53. The summed E-state index contributed by atoms with van der Waals surface area (Å²) in [6.45, 7) is -0.609. The molecule has 0 saturated carbocycles. The third-order valence-corrected chi connectivity index (χ3v) is 6.10. The van der Waals surface area contributed by atoms with E-state index >= 15 is 0 Å². The summed E-state index contributed by atoms with van der Waals surface area (Å²) in [6.07, 6.45) is -2.83. The SMILES string of the molecule is OC[C@H]1O[C@@H](c2ncnn2-c2cccc(Cl)c2)[C@H](O)[C@@H](n2cc(-c3cc(F)c(F)c(F)c3)nn2)[C@H]1O. The van der Waals surface area contributed by atoms with Gasteiger partial charge in [0.15, 0.2) is 23.3 Å². The summed E-state index contributed by atoms with van der Waals surface area (Å²) in [4.78, 5) is 4.20. The van der Waals surface area contributed by atoms with Gasteiger partial charge < -0.3 is 20.1 Å². The predicted octanol–water partition coefficient (Wildman–Crippen LogP) is 1.99. The highest BCUT2D eigenvalue weighted by Gasteiger charge is 2.48. The first-order chi connectivity index (χ1) is 17.3. The Morgan fingerprint density at radius 3 is 2.50 bits per heavy atom. The molecule has 0 radical (unpaired) electrons. The van der Waals surface area contributed by atoms with Crippen LogP contribution in [0, 0.1) is 17.5 Å². The van der Waals surface area contributed by atoms with Crippen molar-refractivity contribution in [1.82, 2.24) is 29.8 Å². The van der Waals surface area contributed by atoms with Crippen LogP contribution in [-0.4, -0.2) is 70.0 Å². The van der Waals surface area contributed by atoms with Crippen LogP contribution >= 0.6 is 11.6 Å². The maximum Gasteiger partial charge on any atom is 0.194 e. The average molecular weight is 523 g/mol. The van der Waals surface area contributed by atoms with Gasteiger partial charge in [0, 0.05) is 10.6 Å². The summed E-state index contributed by atoms with van der Waals surface area (Å²) >= 11 is 6.08. The molecule has 2 aromatic carbocycles. The summed E-state index contributed by atoms with van der Waals surface area (Å²) in [7, 11) is 0. The smallest absolute Gasteiger partial charge is 0.194 e. The van der Waals surface area contributed by atoms with E-state index in [2.05, 4.69) is 20.4 Å². The van der Waals surface area contributed by atoms with E-state index in [4.69, 9.17) is 16.3 Å². The number of benzene rings is 2. The number of hydrogen-bond acceptors (Lipinski definition) is 8. The highest BCUT2D eigenvalue weighted by molar-refractivity contribution is 6.30. The number of aliphatic hydroxyl groups is 3. The molecule has 14 heteroatoms. The third kappa shape index (κ3) is 4.24. The van der Waals surface area contributed by atoms with Gasteiger partial charge in [-0.25, -0.2) is 27.5 Å². The van der Waals surface area contributed by atoms with Gasteiger partial charge in [0.1, 0.15) is 42.5 Å². The van der Waals surface area contributed by atoms with Crippen molar-refractivity contribution in [3.8, 4) is 16.9 Å². The van der Waals surface area contributed by atoms with Crippen molar-refractivity contribution in [3.63, 3.8) is 0 Å². The summed E-state index contributed by atoms with van der Waals surface area (Å²) in [5.41, 5.74) is 0.375. The maximum atomic E-state index is 13.7. The van der Waals surface area contributed by atoms with Crippen molar-refractivity contribution in [3.05, 3.63) is 77.2 Å². The standard InChI is InChI=1S/C22H18ClF3N6O4/c23-11-2-1-3-12(6-11)32-22(27-9-28-32)21-20(35)18(19(34)16(8-33)36-21)31-7-15(29-30-31)10-4-13(24)17(26)14(25)5-10/h1-7,9,16,18-21,33-35H,8H2/t16-,18+,19+,20-,21-/m1/s1. The highest BCUT2D eigenvalue weighted by atomic mass is 35.5. The van der Waals surface area contributed by atoms with Crippen molar-refractivity contribution in [1.29, 1.82) is 0 Å². The quantitative estimate of drug-likeness (QED) is 0.339. The summed E-state index contributed by atoms with van der Waals surface area (Å²) in [5.74, 6) is -4.29. The van der Waals surface area contributed by atoms with Gasteiger partial charge in [0.2, 0.25) is 0 Å². The number of hydrogen-bond donors (Lipinski definition) is 3. The largest absolute Gasteiger partial charge is 0.394 e. The lowest BCUT2D eigenvalue weighted by atomic mass is 9.92. The number of aliphatic hydroxyl groups excluding tert-OH is 3. The summed E-state index contributed by atoms with van der Waals surface area (Å²) in [6, 6.07) is 6.97. The van der Waals surface area contributed by atoms with Crippen LogP contribution in [0.3, 0.4) is 0 Å². The Morgan fingerprint density at radius 2 is 1.81 bits per heavy atom. The van der Waals surface area contributed by atoms with E-state index < -0.39 is 54.5 Å². The maximum absolute atomic E-state index is 13.7.